The molecule has 0 unspecified atom stereocenters. The van der Waals surface area contributed by atoms with Gasteiger partial charge in [0, 0.05) is 23.1 Å². The Kier molecular flexibility index (Phi) is 4.04. The molecule has 1 aromatic heterocycles. The average Bonchev–Trinajstić information content (AvgIpc) is 2.72. The highest BCUT2D eigenvalue weighted by atomic mass is 79.9. The number of halogens is 1. The Morgan fingerprint density at radius 3 is 2.89 bits per heavy atom. The van der Waals surface area contributed by atoms with Crippen LogP contribution in [0.25, 0.3) is 0 Å². The largest absolute Gasteiger partial charge is 0.487 e. The van der Waals surface area contributed by atoms with E-state index in [1.165, 1.54) is 0 Å². The van der Waals surface area contributed by atoms with Gasteiger partial charge in [0.25, 0.3) is 0 Å². The molecule has 1 atom stereocenters. The molecule has 4 nitrogen and oxygen atoms in total. The second kappa shape index (κ2) is 5.54. The van der Waals surface area contributed by atoms with E-state index in [-0.39, 0.29) is 6.04 Å². The normalized spacial score (nSPS) is 12.4. The van der Waals surface area contributed by atoms with Crippen molar-refractivity contribution in [1.82, 2.24) is 9.55 Å². The van der Waals surface area contributed by atoms with E-state index in [1.54, 1.807) is 12.5 Å². The van der Waals surface area contributed by atoms with Gasteiger partial charge < -0.3 is 15.0 Å². The molecule has 0 radical (unpaired) electrons. The van der Waals surface area contributed by atoms with Crippen LogP contribution in [0.5, 0.6) is 5.75 Å². The number of aryl methyl sites for hydroxylation is 1. The van der Waals surface area contributed by atoms with Gasteiger partial charge in [-0.05, 0) is 19.1 Å². The van der Waals surface area contributed by atoms with E-state index in [9.17, 15) is 0 Å². The van der Waals surface area contributed by atoms with Crippen molar-refractivity contribution in [2.75, 3.05) is 0 Å². The van der Waals surface area contributed by atoms with E-state index in [4.69, 9.17) is 10.5 Å². The van der Waals surface area contributed by atoms with Gasteiger partial charge in [0.05, 0.1) is 18.2 Å². The third kappa shape index (κ3) is 2.91. The Morgan fingerprint density at radius 2 is 2.28 bits per heavy atom. The van der Waals surface area contributed by atoms with E-state index in [2.05, 4.69) is 20.9 Å². The van der Waals surface area contributed by atoms with Crippen molar-refractivity contribution in [2.24, 2.45) is 12.8 Å². The third-order valence-electron chi connectivity index (χ3n) is 2.76. The maximum Gasteiger partial charge on any atom is 0.130 e. The summed E-state index contributed by atoms with van der Waals surface area (Å²) < 4.78 is 8.75. The monoisotopic (exact) mass is 309 g/mol. The molecule has 96 valence electrons. The summed E-state index contributed by atoms with van der Waals surface area (Å²) >= 11 is 3.44. The van der Waals surface area contributed by atoms with E-state index in [1.807, 2.05) is 36.7 Å². The zero-order chi connectivity index (χ0) is 13.1. The van der Waals surface area contributed by atoms with Crippen LogP contribution < -0.4 is 10.5 Å². The maximum atomic E-state index is 5.93. The molecular formula is C13H16BrN3O. The summed E-state index contributed by atoms with van der Waals surface area (Å²) in [5.41, 5.74) is 7.95. The maximum absolute atomic E-state index is 5.93. The summed E-state index contributed by atoms with van der Waals surface area (Å²) in [5, 5.41) is 0. The van der Waals surface area contributed by atoms with Crippen molar-refractivity contribution in [1.29, 1.82) is 0 Å². The molecule has 0 aliphatic heterocycles. The minimum atomic E-state index is -0.0559. The summed E-state index contributed by atoms with van der Waals surface area (Å²) in [7, 11) is 1.94. The number of benzene rings is 1. The van der Waals surface area contributed by atoms with Gasteiger partial charge in [0.2, 0.25) is 0 Å². The predicted octanol–water partition coefficient (Wildman–Crippen LogP) is 2.78. The molecule has 2 N–H and O–H groups in total. The Hall–Kier alpha value is -1.33. The minimum absolute atomic E-state index is 0.0559. The molecule has 1 aromatic carbocycles. The fourth-order valence-corrected chi connectivity index (χ4v) is 2.02. The van der Waals surface area contributed by atoms with Crippen LogP contribution in [0.4, 0.5) is 0 Å². The smallest absolute Gasteiger partial charge is 0.130 e. The Morgan fingerprint density at radius 1 is 1.50 bits per heavy atom. The van der Waals surface area contributed by atoms with Crippen LogP contribution in [0.3, 0.4) is 0 Å². The van der Waals surface area contributed by atoms with Gasteiger partial charge in [-0.25, -0.2) is 4.98 Å². The highest BCUT2D eigenvalue weighted by molar-refractivity contribution is 9.10. The topological polar surface area (TPSA) is 53.1 Å². The fraction of sp³-hybridized carbons (Fsp3) is 0.308. The van der Waals surface area contributed by atoms with Crippen LogP contribution in [-0.4, -0.2) is 9.55 Å². The predicted molar refractivity (Wildman–Crippen MR) is 74.3 cm³/mol. The third-order valence-corrected chi connectivity index (χ3v) is 3.25. The van der Waals surface area contributed by atoms with Gasteiger partial charge >= 0.3 is 0 Å². The van der Waals surface area contributed by atoms with Crippen LogP contribution in [-0.2, 0) is 13.7 Å². The van der Waals surface area contributed by atoms with E-state index in [0.29, 0.717) is 6.61 Å². The first-order chi connectivity index (χ1) is 8.58. The molecule has 0 aliphatic rings. The lowest BCUT2D eigenvalue weighted by Gasteiger charge is -2.14. The molecule has 0 spiro atoms. The molecule has 1 heterocycles. The zero-order valence-corrected chi connectivity index (χ0v) is 12.0. The Labute approximate surface area is 115 Å². The Bertz CT molecular complexity index is 537. The lowest BCUT2D eigenvalue weighted by molar-refractivity contribution is 0.292. The Balaban J connectivity index is 2.18. The van der Waals surface area contributed by atoms with Gasteiger partial charge in [-0.15, -0.1) is 0 Å². The van der Waals surface area contributed by atoms with Gasteiger partial charge in [-0.2, -0.15) is 0 Å². The molecule has 0 fully saturated rings. The van der Waals surface area contributed by atoms with Gasteiger partial charge in [-0.3, -0.25) is 0 Å². The molecular weight excluding hydrogens is 294 g/mol. The summed E-state index contributed by atoms with van der Waals surface area (Å²) in [6.07, 6.45) is 3.55. The van der Waals surface area contributed by atoms with Crippen LogP contribution in [0.2, 0.25) is 0 Å². The van der Waals surface area contributed by atoms with Crippen molar-refractivity contribution in [2.45, 2.75) is 19.6 Å². The first kappa shape index (κ1) is 13.1. The standard InChI is InChI=1S/C13H16BrN3O/c1-9(15)12-4-3-10(14)5-13(12)18-7-11-6-16-8-17(11)2/h3-6,8-9H,7,15H2,1-2H3/t9-/m0/s1. The summed E-state index contributed by atoms with van der Waals surface area (Å²) in [6.45, 7) is 2.42. The van der Waals surface area contributed by atoms with E-state index < -0.39 is 0 Å². The number of nitrogens with two attached hydrogens (primary N) is 1. The summed E-state index contributed by atoms with van der Waals surface area (Å²) in [4.78, 5) is 4.06. The van der Waals surface area contributed by atoms with Crippen LogP contribution in [0.15, 0.2) is 35.2 Å². The van der Waals surface area contributed by atoms with E-state index in [0.717, 1.165) is 21.5 Å². The number of rotatable bonds is 4. The van der Waals surface area contributed by atoms with Gasteiger partial charge in [0.1, 0.15) is 12.4 Å². The molecule has 0 saturated heterocycles. The molecule has 0 saturated carbocycles. The SMILES string of the molecule is C[C@H](N)c1ccc(Br)cc1OCc1cncn1C. The number of ether oxygens (including phenoxy) is 1. The number of hydrogen-bond donors (Lipinski definition) is 1. The summed E-state index contributed by atoms with van der Waals surface area (Å²) in [6, 6.07) is 5.83. The van der Waals surface area contributed by atoms with Crippen molar-refractivity contribution in [3.8, 4) is 5.75 Å². The van der Waals surface area contributed by atoms with Crippen molar-refractivity contribution >= 4 is 15.9 Å². The quantitative estimate of drug-likeness (QED) is 0.945. The molecule has 2 rings (SSSR count). The molecule has 18 heavy (non-hydrogen) atoms. The van der Waals surface area contributed by atoms with Crippen molar-refractivity contribution in [3.05, 3.63) is 46.5 Å². The van der Waals surface area contributed by atoms with Crippen LogP contribution in [0, 0.1) is 0 Å². The second-order valence-electron chi connectivity index (χ2n) is 4.26. The highest BCUT2D eigenvalue weighted by Crippen LogP contribution is 2.28. The molecule has 0 aliphatic carbocycles. The lowest BCUT2D eigenvalue weighted by atomic mass is 10.1. The second-order valence-corrected chi connectivity index (χ2v) is 5.17. The molecule has 0 bridgehead atoms. The molecule has 5 heteroatoms. The van der Waals surface area contributed by atoms with E-state index >= 15 is 0 Å². The van der Waals surface area contributed by atoms with Crippen molar-refractivity contribution < 1.29 is 4.74 Å². The number of hydrogen-bond acceptors (Lipinski definition) is 3. The zero-order valence-electron chi connectivity index (χ0n) is 10.4. The first-order valence-electron chi connectivity index (χ1n) is 5.71. The van der Waals surface area contributed by atoms with Gasteiger partial charge in [-0.1, -0.05) is 22.0 Å². The van der Waals surface area contributed by atoms with Crippen molar-refractivity contribution in [3.63, 3.8) is 0 Å². The fourth-order valence-electron chi connectivity index (χ4n) is 1.68. The minimum Gasteiger partial charge on any atom is -0.487 e. The number of imidazole rings is 1. The average molecular weight is 310 g/mol. The number of nitrogens with zero attached hydrogens (tertiary/aromatic N) is 2. The first-order valence-corrected chi connectivity index (χ1v) is 6.50. The molecule has 2 aromatic rings. The lowest BCUT2D eigenvalue weighted by Crippen LogP contribution is -2.09. The number of aromatic nitrogens is 2. The summed E-state index contributed by atoms with van der Waals surface area (Å²) in [5.74, 6) is 0.806. The highest BCUT2D eigenvalue weighted by Gasteiger charge is 2.09. The molecule has 0 amide bonds. The van der Waals surface area contributed by atoms with Gasteiger partial charge in [0.15, 0.2) is 0 Å². The van der Waals surface area contributed by atoms with Crippen LogP contribution in [0.1, 0.15) is 24.2 Å². The van der Waals surface area contributed by atoms with Crippen LogP contribution >= 0.6 is 15.9 Å².